The normalized spacial score (nSPS) is 34.6. The Hall–Kier alpha value is -0.610. The highest BCUT2D eigenvalue weighted by Crippen LogP contribution is 2.48. The number of likely N-dealkylation sites (tertiary alicyclic amines) is 1. The van der Waals surface area contributed by atoms with Crippen molar-refractivity contribution in [2.45, 2.75) is 19.8 Å². The van der Waals surface area contributed by atoms with Crippen molar-refractivity contribution in [2.24, 2.45) is 17.3 Å². The van der Waals surface area contributed by atoms with Crippen molar-refractivity contribution in [3.8, 4) is 0 Å². The molecule has 3 fully saturated rings. The van der Waals surface area contributed by atoms with Gasteiger partial charge < -0.3 is 14.4 Å². The van der Waals surface area contributed by atoms with Crippen LogP contribution in [-0.2, 0) is 14.3 Å². The van der Waals surface area contributed by atoms with Crippen molar-refractivity contribution in [1.82, 2.24) is 4.90 Å². The fourth-order valence-electron chi connectivity index (χ4n) is 3.20. The number of hydrogen-bond acceptors (Lipinski definition) is 4. The van der Waals surface area contributed by atoms with Crippen LogP contribution in [0.2, 0.25) is 0 Å². The largest absolute Gasteiger partial charge is 0.466 e. The van der Waals surface area contributed by atoms with Gasteiger partial charge in [-0.3, -0.25) is 4.79 Å². The second-order valence-corrected chi connectivity index (χ2v) is 5.75. The summed E-state index contributed by atoms with van der Waals surface area (Å²) in [5.74, 6) is 1.43. The van der Waals surface area contributed by atoms with Gasteiger partial charge in [0, 0.05) is 31.5 Å². The molecule has 0 spiro atoms. The van der Waals surface area contributed by atoms with Gasteiger partial charge in [0.15, 0.2) is 0 Å². The van der Waals surface area contributed by atoms with Crippen LogP contribution in [-0.4, -0.2) is 50.3 Å². The molecular weight excluding hydrogens is 218 g/mol. The maximum Gasteiger partial charge on any atom is 0.313 e. The Labute approximate surface area is 102 Å². The molecule has 1 aliphatic carbocycles. The number of esters is 1. The Kier molecular flexibility index (Phi) is 2.87. The highest BCUT2D eigenvalue weighted by Gasteiger charge is 2.53. The third-order valence-electron chi connectivity index (χ3n) is 4.40. The Morgan fingerprint density at radius 1 is 1.35 bits per heavy atom. The van der Waals surface area contributed by atoms with Crippen molar-refractivity contribution < 1.29 is 14.3 Å². The van der Waals surface area contributed by atoms with Crippen molar-refractivity contribution in [1.29, 1.82) is 0 Å². The van der Waals surface area contributed by atoms with Crippen LogP contribution in [0, 0.1) is 17.3 Å². The van der Waals surface area contributed by atoms with E-state index in [-0.39, 0.29) is 11.4 Å². The highest BCUT2D eigenvalue weighted by molar-refractivity contribution is 5.80. The van der Waals surface area contributed by atoms with E-state index in [4.69, 9.17) is 9.47 Å². The van der Waals surface area contributed by atoms with E-state index in [1.807, 2.05) is 6.92 Å². The zero-order valence-corrected chi connectivity index (χ0v) is 10.5. The first-order valence-electron chi connectivity index (χ1n) is 6.71. The number of hydrogen-bond donors (Lipinski definition) is 0. The summed E-state index contributed by atoms with van der Waals surface area (Å²) in [6.45, 7) is 7.31. The van der Waals surface area contributed by atoms with Gasteiger partial charge in [-0.05, 0) is 19.8 Å². The topological polar surface area (TPSA) is 38.8 Å². The van der Waals surface area contributed by atoms with Gasteiger partial charge >= 0.3 is 5.97 Å². The van der Waals surface area contributed by atoms with E-state index in [0.717, 1.165) is 45.7 Å². The van der Waals surface area contributed by atoms with Gasteiger partial charge in [0.05, 0.1) is 25.2 Å². The first-order valence-corrected chi connectivity index (χ1v) is 6.71. The predicted octanol–water partition coefficient (Wildman–Crippen LogP) is 0.908. The van der Waals surface area contributed by atoms with E-state index >= 15 is 0 Å². The second kappa shape index (κ2) is 4.25. The number of fused-ring (bicyclic) bond motifs is 1. The second-order valence-electron chi connectivity index (χ2n) is 5.75. The third-order valence-corrected chi connectivity index (χ3v) is 4.40. The lowest BCUT2D eigenvalue weighted by Gasteiger charge is -2.22. The Morgan fingerprint density at radius 3 is 2.53 bits per heavy atom. The summed E-state index contributed by atoms with van der Waals surface area (Å²) in [4.78, 5) is 14.3. The fourth-order valence-corrected chi connectivity index (χ4v) is 3.20. The van der Waals surface area contributed by atoms with Crippen LogP contribution in [0.3, 0.4) is 0 Å². The van der Waals surface area contributed by atoms with E-state index in [0.29, 0.717) is 18.4 Å². The number of rotatable bonds is 4. The van der Waals surface area contributed by atoms with Gasteiger partial charge in [-0.25, -0.2) is 0 Å². The summed E-state index contributed by atoms with van der Waals surface area (Å²) in [7, 11) is 0. The molecule has 17 heavy (non-hydrogen) atoms. The van der Waals surface area contributed by atoms with Gasteiger partial charge in [0.1, 0.15) is 0 Å². The molecule has 0 N–H and O–H groups in total. The van der Waals surface area contributed by atoms with E-state index in [9.17, 15) is 4.79 Å². The van der Waals surface area contributed by atoms with Crippen LogP contribution in [0.15, 0.2) is 0 Å². The number of ether oxygens (including phenoxy) is 2. The fraction of sp³-hybridized carbons (Fsp3) is 0.923. The molecule has 0 amide bonds. The van der Waals surface area contributed by atoms with E-state index < -0.39 is 0 Å². The highest BCUT2D eigenvalue weighted by atomic mass is 16.5. The minimum absolute atomic E-state index is 0.0216. The molecule has 2 aliphatic heterocycles. The van der Waals surface area contributed by atoms with Crippen LogP contribution in [0.4, 0.5) is 0 Å². The molecule has 1 saturated carbocycles. The maximum absolute atomic E-state index is 11.9. The Bertz CT molecular complexity index is 302. The predicted molar refractivity (Wildman–Crippen MR) is 62.5 cm³/mol. The summed E-state index contributed by atoms with van der Waals surface area (Å²) < 4.78 is 10.7. The van der Waals surface area contributed by atoms with Gasteiger partial charge in [0.2, 0.25) is 0 Å². The average molecular weight is 239 g/mol. The SMILES string of the molecule is CCOC(=O)C1(CN2CC3COCC3C2)CC1. The monoisotopic (exact) mass is 239 g/mol. The number of nitrogens with zero attached hydrogens (tertiary/aromatic N) is 1. The Morgan fingerprint density at radius 2 is 2.00 bits per heavy atom. The van der Waals surface area contributed by atoms with Crippen molar-refractivity contribution in [3.05, 3.63) is 0 Å². The number of carbonyl (C=O) groups is 1. The molecule has 4 nitrogen and oxygen atoms in total. The molecule has 2 heterocycles. The molecule has 2 saturated heterocycles. The van der Waals surface area contributed by atoms with Crippen LogP contribution < -0.4 is 0 Å². The molecule has 0 aromatic heterocycles. The van der Waals surface area contributed by atoms with E-state index in [1.54, 1.807) is 0 Å². The van der Waals surface area contributed by atoms with Gasteiger partial charge in [-0.2, -0.15) is 0 Å². The van der Waals surface area contributed by atoms with Crippen molar-refractivity contribution in [3.63, 3.8) is 0 Å². The zero-order valence-electron chi connectivity index (χ0n) is 10.5. The first kappa shape index (κ1) is 11.5. The minimum atomic E-state index is -0.157. The van der Waals surface area contributed by atoms with Gasteiger partial charge in [0.25, 0.3) is 0 Å². The molecule has 0 aromatic rings. The van der Waals surface area contributed by atoms with E-state index in [1.165, 1.54) is 0 Å². The van der Waals surface area contributed by atoms with Crippen molar-refractivity contribution >= 4 is 5.97 Å². The standard InChI is InChI=1S/C13H21NO3/c1-2-17-12(15)13(3-4-13)9-14-5-10-7-16-8-11(10)6-14/h10-11H,2-9H2,1H3. The maximum atomic E-state index is 11.9. The molecule has 3 aliphatic rings. The Balaban J connectivity index is 1.55. The molecule has 0 aromatic carbocycles. The quantitative estimate of drug-likeness (QED) is 0.684. The minimum Gasteiger partial charge on any atom is -0.466 e. The summed E-state index contributed by atoms with van der Waals surface area (Å²) in [6, 6.07) is 0. The zero-order chi connectivity index (χ0) is 11.9. The van der Waals surface area contributed by atoms with Crippen LogP contribution in [0.5, 0.6) is 0 Å². The van der Waals surface area contributed by atoms with Gasteiger partial charge in [-0.15, -0.1) is 0 Å². The summed E-state index contributed by atoms with van der Waals surface area (Å²) in [6.07, 6.45) is 2.02. The lowest BCUT2D eigenvalue weighted by atomic mass is 10.0. The lowest BCUT2D eigenvalue weighted by Crippen LogP contribution is -2.35. The van der Waals surface area contributed by atoms with Crippen LogP contribution in [0.1, 0.15) is 19.8 Å². The van der Waals surface area contributed by atoms with Crippen LogP contribution >= 0.6 is 0 Å². The smallest absolute Gasteiger partial charge is 0.313 e. The molecule has 96 valence electrons. The lowest BCUT2D eigenvalue weighted by molar-refractivity contribution is -0.150. The summed E-state index contributed by atoms with van der Waals surface area (Å²) in [5.41, 5.74) is -0.157. The average Bonchev–Trinajstić information content (AvgIpc) is 2.76. The molecule has 4 heteroatoms. The molecular formula is C13H21NO3. The van der Waals surface area contributed by atoms with Crippen molar-refractivity contribution in [2.75, 3.05) is 39.5 Å². The molecule has 3 rings (SSSR count). The van der Waals surface area contributed by atoms with E-state index in [2.05, 4.69) is 4.90 Å². The summed E-state index contributed by atoms with van der Waals surface area (Å²) >= 11 is 0. The number of carbonyl (C=O) groups excluding carboxylic acids is 1. The molecule has 0 bridgehead atoms. The first-order chi connectivity index (χ1) is 8.23. The third kappa shape index (κ3) is 2.08. The van der Waals surface area contributed by atoms with Gasteiger partial charge in [-0.1, -0.05) is 0 Å². The van der Waals surface area contributed by atoms with Crippen LogP contribution in [0.25, 0.3) is 0 Å². The molecule has 0 radical (unpaired) electrons. The molecule has 2 unspecified atom stereocenters. The summed E-state index contributed by atoms with van der Waals surface area (Å²) in [5, 5.41) is 0. The molecule has 2 atom stereocenters.